The van der Waals surface area contributed by atoms with Gasteiger partial charge in [-0.05, 0) is 35.1 Å². The highest BCUT2D eigenvalue weighted by Crippen LogP contribution is 2.25. The van der Waals surface area contributed by atoms with Crippen molar-refractivity contribution in [1.29, 1.82) is 0 Å². The van der Waals surface area contributed by atoms with Crippen molar-refractivity contribution in [2.75, 3.05) is 19.3 Å². The first-order valence-corrected chi connectivity index (χ1v) is 8.03. The molecule has 1 aliphatic heterocycles. The number of carbonyl (C=O) groups is 1. The Hall–Kier alpha value is -0.520. The van der Waals surface area contributed by atoms with Crippen LogP contribution in [0.5, 0.6) is 0 Å². The molecule has 5 heteroatoms. The Balaban J connectivity index is 1.99. The van der Waals surface area contributed by atoms with Crippen molar-refractivity contribution in [2.45, 2.75) is 24.8 Å². The van der Waals surface area contributed by atoms with Gasteiger partial charge in [0, 0.05) is 11.8 Å². The summed E-state index contributed by atoms with van der Waals surface area (Å²) in [5.74, 6) is 0.217. The molecule has 2 rings (SSSR count). The van der Waals surface area contributed by atoms with Crippen molar-refractivity contribution in [1.82, 2.24) is 10.2 Å². The molecule has 2 unspecified atom stereocenters. The number of carbonyl (C=O) groups excluding carboxylic acids is 1. The summed E-state index contributed by atoms with van der Waals surface area (Å²) >= 11 is 3.53. The standard InChI is InChI=1S/C12H18N2OS2/c1-9(16-2)3-5-14-11(15)7-13-12(14)10-4-6-17-8-10/h4,6,8-9,12-13H,3,5,7H2,1-2H3. The number of thiophene rings is 1. The van der Waals surface area contributed by atoms with Crippen LogP contribution in [0.2, 0.25) is 0 Å². The number of nitrogens with zero attached hydrogens (tertiary/aromatic N) is 1. The Kier molecular flexibility index (Phi) is 4.48. The van der Waals surface area contributed by atoms with Crippen LogP contribution in [0, 0.1) is 0 Å². The van der Waals surface area contributed by atoms with Crippen molar-refractivity contribution < 1.29 is 4.79 Å². The summed E-state index contributed by atoms with van der Waals surface area (Å²) < 4.78 is 0. The Morgan fingerprint density at radius 3 is 3.18 bits per heavy atom. The summed E-state index contributed by atoms with van der Waals surface area (Å²) in [6.07, 6.45) is 3.25. The van der Waals surface area contributed by atoms with Crippen LogP contribution in [0.1, 0.15) is 25.1 Å². The molecular weight excluding hydrogens is 252 g/mol. The first-order valence-electron chi connectivity index (χ1n) is 5.80. The van der Waals surface area contributed by atoms with Gasteiger partial charge in [-0.15, -0.1) is 0 Å². The molecule has 1 aromatic rings. The van der Waals surface area contributed by atoms with E-state index in [2.05, 4.69) is 35.3 Å². The number of nitrogens with one attached hydrogen (secondary N) is 1. The van der Waals surface area contributed by atoms with E-state index >= 15 is 0 Å². The van der Waals surface area contributed by atoms with E-state index in [1.165, 1.54) is 5.56 Å². The molecule has 1 aliphatic rings. The molecule has 0 bridgehead atoms. The molecule has 2 heterocycles. The maximum absolute atomic E-state index is 11.8. The monoisotopic (exact) mass is 270 g/mol. The zero-order chi connectivity index (χ0) is 12.3. The second kappa shape index (κ2) is 5.89. The lowest BCUT2D eigenvalue weighted by atomic mass is 10.2. The number of hydrogen-bond donors (Lipinski definition) is 1. The summed E-state index contributed by atoms with van der Waals surface area (Å²) in [5, 5.41) is 8.05. The summed E-state index contributed by atoms with van der Waals surface area (Å²) in [5.41, 5.74) is 1.21. The molecule has 94 valence electrons. The van der Waals surface area contributed by atoms with Crippen molar-refractivity contribution in [3.63, 3.8) is 0 Å². The molecule has 0 radical (unpaired) electrons. The molecule has 0 aliphatic carbocycles. The minimum atomic E-state index is 0.0859. The number of rotatable bonds is 5. The van der Waals surface area contributed by atoms with Gasteiger partial charge in [-0.25, -0.2) is 0 Å². The van der Waals surface area contributed by atoms with Crippen LogP contribution >= 0.6 is 23.1 Å². The van der Waals surface area contributed by atoms with Gasteiger partial charge in [-0.2, -0.15) is 23.1 Å². The third-order valence-electron chi connectivity index (χ3n) is 3.12. The predicted octanol–water partition coefficient (Wildman–Crippen LogP) is 2.32. The van der Waals surface area contributed by atoms with Gasteiger partial charge in [0.2, 0.25) is 5.91 Å². The van der Waals surface area contributed by atoms with Crippen molar-refractivity contribution in [2.24, 2.45) is 0 Å². The van der Waals surface area contributed by atoms with Crippen LogP contribution in [-0.2, 0) is 4.79 Å². The lowest BCUT2D eigenvalue weighted by molar-refractivity contribution is -0.128. The van der Waals surface area contributed by atoms with Crippen LogP contribution in [0.15, 0.2) is 16.8 Å². The van der Waals surface area contributed by atoms with Gasteiger partial charge < -0.3 is 4.90 Å². The Morgan fingerprint density at radius 1 is 1.71 bits per heavy atom. The Morgan fingerprint density at radius 2 is 2.53 bits per heavy atom. The summed E-state index contributed by atoms with van der Waals surface area (Å²) in [6.45, 7) is 3.51. The third kappa shape index (κ3) is 3.03. The van der Waals surface area contributed by atoms with E-state index in [1.807, 2.05) is 16.7 Å². The van der Waals surface area contributed by atoms with Gasteiger partial charge in [0.25, 0.3) is 0 Å². The third-order valence-corrected chi connectivity index (χ3v) is 4.86. The lowest BCUT2D eigenvalue weighted by Crippen LogP contribution is -2.32. The largest absolute Gasteiger partial charge is 0.322 e. The summed E-state index contributed by atoms with van der Waals surface area (Å²) in [6, 6.07) is 2.09. The molecule has 17 heavy (non-hydrogen) atoms. The highest BCUT2D eigenvalue weighted by Gasteiger charge is 2.31. The van der Waals surface area contributed by atoms with Gasteiger partial charge in [-0.1, -0.05) is 6.92 Å². The first kappa shape index (κ1) is 12.9. The molecule has 1 aromatic heterocycles. The molecule has 2 atom stereocenters. The maximum Gasteiger partial charge on any atom is 0.238 e. The second-order valence-electron chi connectivity index (χ2n) is 4.26. The minimum Gasteiger partial charge on any atom is -0.322 e. The number of amides is 1. The zero-order valence-corrected chi connectivity index (χ0v) is 11.8. The Labute approximate surface area is 111 Å². The predicted molar refractivity (Wildman–Crippen MR) is 74.4 cm³/mol. The van der Waals surface area contributed by atoms with E-state index in [4.69, 9.17) is 0 Å². The molecule has 0 aromatic carbocycles. The summed E-state index contributed by atoms with van der Waals surface area (Å²) in [7, 11) is 0. The fourth-order valence-electron chi connectivity index (χ4n) is 1.96. The maximum atomic E-state index is 11.8. The van der Waals surface area contributed by atoms with E-state index in [0.29, 0.717) is 11.8 Å². The Bertz CT molecular complexity index is 367. The van der Waals surface area contributed by atoms with Crippen LogP contribution < -0.4 is 5.32 Å². The summed E-state index contributed by atoms with van der Waals surface area (Å²) in [4.78, 5) is 13.8. The van der Waals surface area contributed by atoms with E-state index < -0.39 is 0 Å². The zero-order valence-electron chi connectivity index (χ0n) is 10.2. The van der Waals surface area contributed by atoms with Crippen LogP contribution in [0.3, 0.4) is 0 Å². The van der Waals surface area contributed by atoms with Gasteiger partial charge in [0.15, 0.2) is 0 Å². The van der Waals surface area contributed by atoms with Crippen molar-refractivity contribution in [3.05, 3.63) is 22.4 Å². The van der Waals surface area contributed by atoms with E-state index in [1.54, 1.807) is 11.3 Å². The van der Waals surface area contributed by atoms with E-state index in [9.17, 15) is 4.79 Å². The van der Waals surface area contributed by atoms with Crippen LogP contribution in [0.25, 0.3) is 0 Å². The first-order chi connectivity index (χ1) is 8.22. The van der Waals surface area contributed by atoms with E-state index in [0.717, 1.165) is 13.0 Å². The average Bonchev–Trinajstić information content (AvgIpc) is 2.95. The fourth-order valence-corrected chi connectivity index (χ4v) is 2.98. The van der Waals surface area contributed by atoms with Gasteiger partial charge in [0.05, 0.1) is 6.54 Å². The number of hydrogen-bond acceptors (Lipinski definition) is 4. The molecule has 1 amide bonds. The van der Waals surface area contributed by atoms with E-state index in [-0.39, 0.29) is 12.1 Å². The van der Waals surface area contributed by atoms with Crippen molar-refractivity contribution in [3.8, 4) is 0 Å². The van der Waals surface area contributed by atoms with Gasteiger partial charge >= 0.3 is 0 Å². The molecule has 0 saturated carbocycles. The molecule has 1 N–H and O–H groups in total. The van der Waals surface area contributed by atoms with Crippen LogP contribution in [-0.4, -0.2) is 35.4 Å². The number of thioether (sulfide) groups is 1. The highest BCUT2D eigenvalue weighted by atomic mass is 32.2. The highest BCUT2D eigenvalue weighted by molar-refractivity contribution is 7.99. The normalized spacial score (nSPS) is 22.1. The molecular formula is C12H18N2OS2. The van der Waals surface area contributed by atoms with Crippen molar-refractivity contribution >= 4 is 29.0 Å². The minimum absolute atomic E-state index is 0.0859. The van der Waals surface area contributed by atoms with Gasteiger partial charge in [-0.3, -0.25) is 10.1 Å². The molecule has 1 fully saturated rings. The van der Waals surface area contributed by atoms with Gasteiger partial charge in [0.1, 0.15) is 6.17 Å². The topological polar surface area (TPSA) is 32.3 Å². The smallest absolute Gasteiger partial charge is 0.238 e. The molecule has 1 saturated heterocycles. The SMILES string of the molecule is CSC(C)CCN1C(=O)CNC1c1ccsc1. The molecule has 0 spiro atoms. The average molecular weight is 270 g/mol. The molecule has 3 nitrogen and oxygen atoms in total. The second-order valence-corrected chi connectivity index (χ2v) is 6.32. The van der Waals surface area contributed by atoms with Crippen LogP contribution in [0.4, 0.5) is 0 Å². The quantitative estimate of drug-likeness (QED) is 0.891. The lowest BCUT2D eigenvalue weighted by Gasteiger charge is -2.24. The fraction of sp³-hybridized carbons (Fsp3) is 0.583.